The van der Waals surface area contributed by atoms with E-state index in [0.717, 1.165) is 0 Å². The Hall–Kier alpha value is -3.28. The van der Waals surface area contributed by atoms with Crippen molar-refractivity contribution >= 4 is 69.9 Å². The fourth-order valence-electron chi connectivity index (χ4n) is 3.21. The van der Waals surface area contributed by atoms with Crippen LogP contribution in [0.15, 0.2) is 97.1 Å². The fourth-order valence-corrected chi connectivity index (χ4v) is 3.91. The summed E-state index contributed by atoms with van der Waals surface area (Å²) >= 11 is 24.9. The largest absolute Gasteiger partial charge is 0.418 e. The van der Waals surface area contributed by atoms with Gasteiger partial charge in [-0.3, -0.25) is 0 Å². The van der Waals surface area contributed by atoms with Crippen LogP contribution in [0.2, 0.25) is 20.1 Å². The van der Waals surface area contributed by atoms with E-state index >= 15 is 0 Å². The first kappa shape index (κ1) is 25.8. The molecular weight excluding hydrogens is 542 g/mol. The van der Waals surface area contributed by atoms with E-state index in [2.05, 4.69) is 0 Å². The van der Waals surface area contributed by atoms with Crippen molar-refractivity contribution in [3.63, 3.8) is 0 Å². The van der Waals surface area contributed by atoms with Gasteiger partial charge in [-0.2, -0.15) is 0 Å². The third kappa shape index (κ3) is 6.10. The van der Waals surface area contributed by atoms with E-state index in [1.54, 1.807) is 72.8 Å². The minimum atomic E-state index is -0.714. The van der Waals surface area contributed by atoms with Gasteiger partial charge in [-0.25, -0.2) is 9.59 Å². The fraction of sp³-hybridized carbons (Fsp3) is 0. The molecule has 0 N–H and O–H groups in total. The highest BCUT2D eigenvalue weighted by atomic mass is 35.5. The molecule has 0 radical (unpaired) electrons. The van der Waals surface area contributed by atoms with E-state index in [9.17, 15) is 9.59 Å². The molecule has 0 unspecified atom stereocenters. The van der Waals surface area contributed by atoms with Crippen LogP contribution < -0.4 is 0 Å². The number of benzene rings is 4. The maximum atomic E-state index is 13.1. The summed E-state index contributed by atoms with van der Waals surface area (Å²) in [5.74, 6) is -1.60. The van der Waals surface area contributed by atoms with Gasteiger partial charge in [0.05, 0.1) is 21.2 Å². The predicted octanol–water partition coefficient (Wildman–Crippen LogP) is 8.84. The molecule has 0 aliphatic heterocycles. The third-order valence-corrected chi connectivity index (χ3v) is 6.16. The summed E-state index contributed by atoms with van der Waals surface area (Å²) in [4.78, 5) is 26.3. The lowest BCUT2D eigenvalue weighted by atomic mass is 10.1. The van der Waals surface area contributed by atoms with Gasteiger partial charge < -0.3 is 9.47 Å². The van der Waals surface area contributed by atoms with Gasteiger partial charge in [0.25, 0.3) is 0 Å². The number of esters is 2. The highest BCUT2D eigenvalue weighted by Crippen LogP contribution is 2.36. The molecule has 4 aromatic carbocycles. The molecule has 4 aromatic rings. The maximum Gasteiger partial charge on any atom is 0.343 e. The van der Waals surface area contributed by atoms with Crippen molar-refractivity contribution in [3.05, 3.63) is 139 Å². The number of carbonyl (C=O) groups is 2. The second-order valence-corrected chi connectivity index (χ2v) is 9.10. The SMILES string of the molecule is O=C(O/C(=C(/OC(=O)c1ccc(Cl)cc1)c1ccccc1Cl)c1ccccc1Cl)c1ccc(Cl)cc1. The van der Waals surface area contributed by atoms with Crippen LogP contribution in [0, 0.1) is 0 Å². The second kappa shape index (κ2) is 11.6. The third-order valence-electron chi connectivity index (χ3n) is 4.99. The van der Waals surface area contributed by atoms with Crippen LogP contribution >= 0.6 is 46.4 Å². The Morgan fingerprint density at radius 1 is 0.472 bits per heavy atom. The first-order valence-corrected chi connectivity index (χ1v) is 12.0. The van der Waals surface area contributed by atoms with E-state index < -0.39 is 11.9 Å². The standard InChI is InChI=1S/C28H16Cl4O4/c29-19-13-9-17(10-14-19)27(33)35-25(21-5-1-3-7-23(21)31)26(22-6-2-4-8-24(22)32)36-28(34)18-11-15-20(30)16-12-18/h1-16H/b26-25+. The number of hydrogen-bond acceptors (Lipinski definition) is 4. The van der Waals surface area contributed by atoms with Crippen LogP contribution in [0.1, 0.15) is 31.8 Å². The Kier molecular flexibility index (Phi) is 8.34. The van der Waals surface area contributed by atoms with Crippen molar-refractivity contribution in [1.29, 1.82) is 0 Å². The average Bonchev–Trinajstić information content (AvgIpc) is 2.87. The van der Waals surface area contributed by atoms with Gasteiger partial charge in [-0.1, -0.05) is 70.7 Å². The first-order valence-electron chi connectivity index (χ1n) is 10.5. The molecule has 180 valence electrons. The molecular formula is C28H16Cl4O4. The molecule has 0 amide bonds. The quantitative estimate of drug-likeness (QED) is 0.135. The van der Waals surface area contributed by atoms with Gasteiger partial charge in [0, 0.05) is 21.2 Å². The molecule has 0 aliphatic rings. The maximum absolute atomic E-state index is 13.1. The van der Waals surface area contributed by atoms with Crippen molar-refractivity contribution in [2.75, 3.05) is 0 Å². The molecule has 0 aliphatic carbocycles. The number of rotatable bonds is 6. The minimum Gasteiger partial charge on any atom is -0.418 e. The summed E-state index contributed by atoms with van der Waals surface area (Å²) in [5, 5.41) is 1.45. The number of ether oxygens (including phenoxy) is 2. The zero-order chi connectivity index (χ0) is 25.7. The van der Waals surface area contributed by atoms with Crippen LogP contribution in [-0.2, 0) is 9.47 Å². The Morgan fingerprint density at radius 2 is 0.806 bits per heavy atom. The van der Waals surface area contributed by atoms with Gasteiger partial charge in [-0.05, 0) is 72.8 Å². The Labute approximate surface area is 227 Å². The Balaban J connectivity index is 1.89. The normalized spacial score (nSPS) is 11.4. The van der Waals surface area contributed by atoms with Gasteiger partial charge >= 0.3 is 11.9 Å². The smallest absolute Gasteiger partial charge is 0.343 e. The summed E-state index contributed by atoms with van der Waals surface area (Å²) in [6, 6.07) is 25.7. The molecule has 4 nitrogen and oxygen atoms in total. The highest BCUT2D eigenvalue weighted by Gasteiger charge is 2.25. The summed E-state index contributed by atoms with van der Waals surface area (Å²) in [5.41, 5.74) is 1.10. The van der Waals surface area contributed by atoms with Crippen molar-refractivity contribution in [3.8, 4) is 0 Å². The summed E-state index contributed by atoms with van der Waals surface area (Å²) in [7, 11) is 0. The molecule has 8 heteroatoms. The van der Waals surface area contributed by atoms with Gasteiger partial charge in [0.2, 0.25) is 0 Å². The molecule has 0 heterocycles. The number of carbonyl (C=O) groups excluding carboxylic acids is 2. The van der Waals surface area contributed by atoms with Gasteiger partial charge in [0.15, 0.2) is 11.5 Å². The zero-order valence-corrected chi connectivity index (χ0v) is 21.4. The summed E-state index contributed by atoms with van der Waals surface area (Å²) < 4.78 is 11.7. The van der Waals surface area contributed by atoms with Crippen molar-refractivity contribution < 1.29 is 19.1 Å². The lowest BCUT2D eigenvalue weighted by molar-refractivity contribution is 0.0647. The van der Waals surface area contributed by atoms with Crippen LogP contribution in [-0.4, -0.2) is 11.9 Å². The lowest BCUT2D eigenvalue weighted by Gasteiger charge is -2.18. The number of hydrogen-bond donors (Lipinski definition) is 0. The Bertz CT molecular complexity index is 1330. The van der Waals surface area contributed by atoms with E-state index in [0.29, 0.717) is 21.2 Å². The molecule has 36 heavy (non-hydrogen) atoms. The topological polar surface area (TPSA) is 52.6 Å². The Morgan fingerprint density at radius 3 is 1.14 bits per heavy atom. The van der Waals surface area contributed by atoms with E-state index in [-0.39, 0.29) is 32.7 Å². The minimum absolute atomic E-state index is 0.0871. The molecule has 0 saturated heterocycles. The molecule has 0 bridgehead atoms. The van der Waals surface area contributed by atoms with Crippen LogP contribution in [0.4, 0.5) is 0 Å². The molecule has 0 fully saturated rings. The highest BCUT2D eigenvalue weighted by molar-refractivity contribution is 6.34. The van der Waals surface area contributed by atoms with E-state index in [4.69, 9.17) is 55.9 Å². The molecule has 0 spiro atoms. The van der Waals surface area contributed by atoms with Crippen molar-refractivity contribution in [1.82, 2.24) is 0 Å². The first-order chi connectivity index (χ1) is 17.3. The zero-order valence-electron chi connectivity index (χ0n) is 18.4. The molecule has 0 atom stereocenters. The van der Waals surface area contributed by atoms with E-state index in [1.807, 2.05) is 0 Å². The lowest BCUT2D eigenvalue weighted by Crippen LogP contribution is -2.11. The van der Waals surface area contributed by atoms with Crippen molar-refractivity contribution in [2.45, 2.75) is 0 Å². The van der Waals surface area contributed by atoms with Gasteiger partial charge in [-0.15, -0.1) is 0 Å². The second-order valence-electron chi connectivity index (χ2n) is 7.41. The molecule has 4 rings (SSSR count). The average molecular weight is 558 g/mol. The van der Waals surface area contributed by atoms with Gasteiger partial charge in [0.1, 0.15) is 0 Å². The van der Waals surface area contributed by atoms with Crippen LogP contribution in [0.3, 0.4) is 0 Å². The summed E-state index contributed by atoms with van der Waals surface area (Å²) in [6.07, 6.45) is 0. The summed E-state index contributed by atoms with van der Waals surface area (Å²) in [6.45, 7) is 0. The molecule has 0 saturated carbocycles. The van der Waals surface area contributed by atoms with Crippen LogP contribution in [0.5, 0.6) is 0 Å². The van der Waals surface area contributed by atoms with Crippen molar-refractivity contribution in [2.24, 2.45) is 0 Å². The predicted molar refractivity (Wildman–Crippen MR) is 143 cm³/mol. The number of halogens is 4. The van der Waals surface area contributed by atoms with Crippen LogP contribution in [0.25, 0.3) is 11.5 Å². The monoisotopic (exact) mass is 556 g/mol. The van der Waals surface area contributed by atoms with E-state index in [1.165, 1.54) is 24.3 Å². The molecule has 0 aromatic heterocycles.